The summed E-state index contributed by atoms with van der Waals surface area (Å²) in [5.41, 5.74) is 0.785. The molecule has 4 aliphatic carbocycles. The van der Waals surface area contributed by atoms with Crippen LogP contribution < -0.4 is 10.1 Å². The highest BCUT2D eigenvalue weighted by atomic mass is 79.9. The lowest BCUT2D eigenvalue weighted by Crippen LogP contribution is -2.58. The summed E-state index contributed by atoms with van der Waals surface area (Å²) in [5, 5.41) is 3.19. The Kier molecular flexibility index (Phi) is 4.10. The Labute approximate surface area is 151 Å². The fourth-order valence-electron chi connectivity index (χ4n) is 5.60. The second-order valence-electron chi connectivity index (χ2n) is 7.98. The van der Waals surface area contributed by atoms with Gasteiger partial charge in [-0.05, 0) is 63.4 Å². The minimum absolute atomic E-state index is 0.165. The SMILES string of the molecule is CCOc1ncccc1CNC(=O)C12CC3CC(CC(Br)(C3)C1)C2. The summed E-state index contributed by atoms with van der Waals surface area (Å²) in [6.07, 6.45) is 8.65. The van der Waals surface area contributed by atoms with E-state index in [1.807, 2.05) is 19.1 Å². The van der Waals surface area contributed by atoms with Crippen LogP contribution >= 0.6 is 15.9 Å². The number of hydrogen-bond acceptors (Lipinski definition) is 3. The second-order valence-corrected chi connectivity index (χ2v) is 9.66. The quantitative estimate of drug-likeness (QED) is 0.774. The largest absolute Gasteiger partial charge is 0.478 e. The molecule has 4 fully saturated rings. The number of alkyl halides is 1. The second kappa shape index (κ2) is 6.01. The van der Waals surface area contributed by atoms with Crippen LogP contribution in [-0.2, 0) is 11.3 Å². The first kappa shape index (κ1) is 16.4. The highest BCUT2D eigenvalue weighted by Crippen LogP contribution is 2.64. The molecule has 130 valence electrons. The van der Waals surface area contributed by atoms with E-state index in [0.29, 0.717) is 30.9 Å². The van der Waals surface area contributed by atoms with Crippen LogP contribution in [0.4, 0.5) is 0 Å². The molecule has 24 heavy (non-hydrogen) atoms. The lowest BCUT2D eigenvalue weighted by Gasteiger charge is -2.59. The van der Waals surface area contributed by atoms with Gasteiger partial charge < -0.3 is 10.1 Å². The van der Waals surface area contributed by atoms with E-state index in [-0.39, 0.29) is 15.6 Å². The molecule has 0 radical (unpaired) electrons. The summed E-state index contributed by atoms with van der Waals surface area (Å²) in [5.74, 6) is 2.29. The van der Waals surface area contributed by atoms with E-state index in [0.717, 1.165) is 24.8 Å². The Morgan fingerprint density at radius 1 is 1.38 bits per heavy atom. The van der Waals surface area contributed by atoms with Crippen molar-refractivity contribution in [1.82, 2.24) is 10.3 Å². The fourth-order valence-corrected chi connectivity index (χ4v) is 7.06. The van der Waals surface area contributed by atoms with Crippen molar-refractivity contribution in [3.63, 3.8) is 0 Å². The maximum Gasteiger partial charge on any atom is 0.226 e. The number of aromatic nitrogens is 1. The van der Waals surface area contributed by atoms with Crippen molar-refractivity contribution in [2.24, 2.45) is 17.3 Å². The topological polar surface area (TPSA) is 51.2 Å². The number of halogens is 1. The average Bonchev–Trinajstić information content (AvgIpc) is 2.51. The number of carbonyl (C=O) groups excluding carboxylic acids is 1. The normalized spacial score (nSPS) is 36.6. The van der Waals surface area contributed by atoms with E-state index in [1.54, 1.807) is 6.20 Å². The maximum absolute atomic E-state index is 13.1. The third-order valence-corrected chi connectivity index (χ3v) is 6.97. The van der Waals surface area contributed by atoms with E-state index < -0.39 is 0 Å². The Morgan fingerprint density at radius 3 is 2.79 bits per heavy atom. The molecule has 4 saturated carbocycles. The molecule has 1 aromatic heterocycles. The van der Waals surface area contributed by atoms with Crippen molar-refractivity contribution in [2.75, 3.05) is 6.61 Å². The molecule has 4 bridgehead atoms. The van der Waals surface area contributed by atoms with Gasteiger partial charge in [0.25, 0.3) is 0 Å². The standard InChI is InChI=1S/C19H25BrN2O2/c1-2-24-16-15(4-3-5-21-16)11-22-17(23)18-7-13-6-14(8-18)10-19(20,9-13)12-18/h3-5,13-14H,2,6-12H2,1H3,(H,22,23). The van der Waals surface area contributed by atoms with Gasteiger partial charge in [-0.2, -0.15) is 0 Å². The van der Waals surface area contributed by atoms with Gasteiger partial charge in [0.15, 0.2) is 0 Å². The van der Waals surface area contributed by atoms with Crippen molar-refractivity contribution in [3.05, 3.63) is 23.9 Å². The van der Waals surface area contributed by atoms with Crippen molar-refractivity contribution in [2.45, 2.75) is 56.3 Å². The smallest absolute Gasteiger partial charge is 0.226 e. The van der Waals surface area contributed by atoms with Gasteiger partial charge in [0.1, 0.15) is 0 Å². The highest BCUT2D eigenvalue weighted by Gasteiger charge is 2.59. The molecule has 1 aromatic rings. The molecule has 1 N–H and O–H groups in total. The van der Waals surface area contributed by atoms with Crippen LogP contribution in [0, 0.1) is 17.3 Å². The van der Waals surface area contributed by atoms with Crippen LogP contribution in [0.5, 0.6) is 5.88 Å². The summed E-state index contributed by atoms with van der Waals surface area (Å²) in [4.78, 5) is 17.4. The van der Waals surface area contributed by atoms with E-state index in [9.17, 15) is 4.79 Å². The van der Waals surface area contributed by atoms with Crippen LogP contribution in [0.25, 0.3) is 0 Å². The molecular formula is C19H25BrN2O2. The maximum atomic E-state index is 13.1. The summed E-state index contributed by atoms with van der Waals surface area (Å²) in [6.45, 7) is 3.02. The van der Waals surface area contributed by atoms with Crippen molar-refractivity contribution < 1.29 is 9.53 Å². The van der Waals surface area contributed by atoms with E-state index in [2.05, 4.69) is 26.2 Å². The lowest BCUT2D eigenvalue weighted by molar-refractivity contribution is -0.144. The van der Waals surface area contributed by atoms with Crippen LogP contribution in [0.15, 0.2) is 18.3 Å². The molecule has 0 aliphatic heterocycles. The van der Waals surface area contributed by atoms with E-state index >= 15 is 0 Å². The Morgan fingerprint density at radius 2 is 2.12 bits per heavy atom. The van der Waals surface area contributed by atoms with Crippen LogP contribution in [-0.4, -0.2) is 21.8 Å². The summed E-state index contributed by atoms with van der Waals surface area (Å²) in [7, 11) is 0. The van der Waals surface area contributed by atoms with Gasteiger partial charge in [-0.25, -0.2) is 4.98 Å². The molecule has 0 spiro atoms. The van der Waals surface area contributed by atoms with Gasteiger partial charge in [0.2, 0.25) is 11.8 Å². The number of nitrogens with zero attached hydrogens (tertiary/aromatic N) is 1. The first-order valence-electron chi connectivity index (χ1n) is 9.06. The summed E-state index contributed by atoms with van der Waals surface area (Å²) < 4.78 is 5.77. The van der Waals surface area contributed by atoms with Gasteiger partial charge in [0.05, 0.1) is 12.0 Å². The Balaban J connectivity index is 1.47. The van der Waals surface area contributed by atoms with Gasteiger partial charge in [0, 0.05) is 22.6 Å². The molecule has 1 amide bonds. The van der Waals surface area contributed by atoms with Gasteiger partial charge >= 0.3 is 0 Å². The molecule has 0 saturated heterocycles. The van der Waals surface area contributed by atoms with Crippen LogP contribution in [0.2, 0.25) is 0 Å². The monoisotopic (exact) mass is 392 g/mol. The third kappa shape index (κ3) is 2.85. The number of carbonyl (C=O) groups is 1. The van der Waals surface area contributed by atoms with Gasteiger partial charge in [-0.3, -0.25) is 4.79 Å². The van der Waals surface area contributed by atoms with Crippen LogP contribution in [0.3, 0.4) is 0 Å². The summed E-state index contributed by atoms with van der Waals surface area (Å²) in [6, 6.07) is 3.87. The minimum atomic E-state index is -0.165. The first-order valence-corrected chi connectivity index (χ1v) is 9.85. The number of ether oxygens (including phenoxy) is 1. The molecule has 0 aromatic carbocycles. The zero-order valence-electron chi connectivity index (χ0n) is 14.2. The van der Waals surface area contributed by atoms with Crippen molar-refractivity contribution in [1.29, 1.82) is 0 Å². The minimum Gasteiger partial charge on any atom is -0.478 e. The highest BCUT2D eigenvalue weighted by molar-refractivity contribution is 9.10. The number of hydrogen-bond donors (Lipinski definition) is 1. The van der Waals surface area contributed by atoms with Crippen molar-refractivity contribution >= 4 is 21.8 Å². The Hall–Kier alpha value is -1.10. The molecule has 5 heteroatoms. The summed E-state index contributed by atoms with van der Waals surface area (Å²) >= 11 is 3.98. The van der Waals surface area contributed by atoms with E-state index in [4.69, 9.17) is 4.74 Å². The zero-order chi connectivity index (χ0) is 16.8. The average molecular weight is 393 g/mol. The van der Waals surface area contributed by atoms with Crippen molar-refractivity contribution in [3.8, 4) is 5.88 Å². The molecule has 5 rings (SSSR count). The molecule has 1 heterocycles. The third-order valence-electron chi connectivity index (χ3n) is 6.04. The lowest BCUT2D eigenvalue weighted by atomic mass is 9.49. The molecule has 2 atom stereocenters. The van der Waals surface area contributed by atoms with Crippen LogP contribution in [0.1, 0.15) is 51.0 Å². The number of nitrogens with one attached hydrogen (secondary N) is 1. The molecule has 4 nitrogen and oxygen atoms in total. The first-order chi connectivity index (χ1) is 11.5. The zero-order valence-corrected chi connectivity index (χ0v) is 15.8. The molecule has 2 unspecified atom stereocenters. The predicted octanol–water partition coefficient (Wildman–Crippen LogP) is 3.83. The van der Waals surface area contributed by atoms with Gasteiger partial charge in [-0.15, -0.1) is 0 Å². The number of rotatable bonds is 5. The number of amides is 1. The van der Waals surface area contributed by atoms with E-state index in [1.165, 1.54) is 19.3 Å². The predicted molar refractivity (Wildman–Crippen MR) is 96.0 cm³/mol. The molecule has 4 aliphatic rings. The molecular weight excluding hydrogens is 368 g/mol. The van der Waals surface area contributed by atoms with Gasteiger partial charge in [-0.1, -0.05) is 22.0 Å². The number of pyridine rings is 1. The Bertz CT molecular complexity index is 634. The fraction of sp³-hybridized carbons (Fsp3) is 0.684.